The molecule has 2 aliphatic rings. The predicted octanol–water partition coefficient (Wildman–Crippen LogP) is 1.51. The molecule has 2 aliphatic heterocycles. The number of aliphatic hydroxyl groups excluding tert-OH is 1. The first-order chi connectivity index (χ1) is 14.0. The molecule has 0 unspecified atom stereocenters. The fraction of sp³-hybridized carbons (Fsp3) is 0.444. The maximum atomic E-state index is 15.0. The fourth-order valence-electron chi connectivity index (χ4n) is 3.35. The molecule has 1 aromatic carbocycles. The molecular formula is C18H16Cl2FNO8. The first-order valence-electron chi connectivity index (χ1n) is 8.68. The van der Waals surface area contributed by atoms with E-state index in [1.54, 1.807) is 0 Å². The molecule has 0 radical (unpaired) electrons. The van der Waals surface area contributed by atoms with E-state index in [0.29, 0.717) is 4.90 Å². The lowest BCUT2D eigenvalue weighted by Gasteiger charge is -2.43. The SMILES string of the molecule is CC(=O)OC[C@H]1O[C@@H](F)[C@H](N2C(=O)c3cc(Cl)c(Cl)cc3C2=O)[C@@H](OC(C)=O)[C@@H]1O. The summed E-state index contributed by atoms with van der Waals surface area (Å²) in [7, 11) is 0. The Morgan fingerprint density at radius 1 is 1.13 bits per heavy atom. The zero-order valence-electron chi connectivity index (χ0n) is 15.6. The van der Waals surface area contributed by atoms with E-state index in [4.69, 9.17) is 37.4 Å². The van der Waals surface area contributed by atoms with Gasteiger partial charge in [-0.3, -0.25) is 24.1 Å². The highest BCUT2D eigenvalue weighted by molar-refractivity contribution is 6.43. The van der Waals surface area contributed by atoms with Gasteiger partial charge in [-0.25, -0.2) is 4.39 Å². The van der Waals surface area contributed by atoms with Gasteiger partial charge in [0.1, 0.15) is 24.9 Å². The molecule has 0 bridgehead atoms. The van der Waals surface area contributed by atoms with Crippen LogP contribution in [0.4, 0.5) is 4.39 Å². The molecule has 0 saturated carbocycles. The Labute approximate surface area is 179 Å². The van der Waals surface area contributed by atoms with Crippen molar-refractivity contribution >= 4 is 47.0 Å². The van der Waals surface area contributed by atoms with Crippen LogP contribution < -0.4 is 0 Å². The monoisotopic (exact) mass is 463 g/mol. The number of carbonyl (C=O) groups is 4. The van der Waals surface area contributed by atoms with Crippen LogP contribution >= 0.6 is 23.2 Å². The van der Waals surface area contributed by atoms with E-state index < -0.39 is 61.1 Å². The maximum absolute atomic E-state index is 15.0. The molecule has 0 aromatic heterocycles. The summed E-state index contributed by atoms with van der Waals surface area (Å²) in [6, 6.07) is 0.524. The lowest BCUT2D eigenvalue weighted by molar-refractivity contribution is -0.247. The average Bonchev–Trinajstić information content (AvgIpc) is 2.88. The summed E-state index contributed by atoms with van der Waals surface area (Å²) in [6.07, 6.45) is -7.14. The number of hydrogen-bond acceptors (Lipinski definition) is 8. The van der Waals surface area contributed by atoms with Crippen molar-refractivity contribution < 1.29 is 42.9 Å². The number of esters is 2. The van der Waals surface area contributed by atoms with Crippen LogP contribution in [0.3, 0.4) is 0 Å². The van der Waals surface area contributed by atoms with Crippen LogP contribution in [0.25, 0.3) is 0 Å². The summed E-state index contributed by atoms with van der Waals surface area (Å²) in [4.78, 5) is 48.8. The molecule has 2 amide bonds. The molecule has 2 heterocycles. The Morgan fingerprint density at radius 3 is 2.13 bits per heavy atom. The standard InChI is InChI=1S/C18H16Cl2FNO8/c1-6(23)28-5-12-14(25)15(29-7(2)24)13(16(21)30-12)22-17(26)8-3-10(19)11(20)4-9(8)18(22)27/h3-4,12-16,25H,5H2,1-2H3/t12-,13-,14-,15-,16-/m1/s1. The number of amides is 2. The van der Waals surface area contributed by atoms with Gasteiger partial charge in [0.15, 0.2) is 6.10 Å². The second-order valence-corrected chi connectivity index (χ2v) is 7.49. The van der Waals surface area contributed by atoms with Gasteiger partial charge in [0.2, 0.25) is 6.36 Å². The largest absolute Gasteiger partial charge is 0.463 e. The minimum Gasteiger partial charge on any atom is -0.463 e. The van der Waals surface area contributed by atoms with Crippen LogP contribution in [0.15, 0.2) is 12.1 Å². The van der Waals surface area contributed by atoms with Crippen LogP contribution in [0.1, 0.15) is 34.6 Å². The molecule has 0 aliphatic carbocycles. The molecule has 1 saturated heterocycles. The third kappa shape index (κ3) is 4.00. The van der Waals surface area contributed by atoms with Crippen molar-refractivity contribution in [2.24, 2.45) is 0 Å². The predicted molar refractivity (Wildman–Crippen MR) is 98.7 cm³/mol. The lowest BCUT2D eigenvalue weighted by atomic mass is 9.96. The third-order valence-corrected chi connectivity index (χ3v) is 5.36. The van der Waals surface area contributed by atoms with Crippen molar-refractivity contribution in [1.29, 1.82) is 0 Å². The van der Waals surface area contributed by atoms with Crippen LogP contribution in [-0.2, 0) is 23.8 Å². The van der Waals surface area contributed by atoms with Crippen LogP contribution in [0.5, 0.6) is 0 Å². The molecule has 1 N–H and O–H groups in total. The Balaban J connectivity index is 1.97. The average molecular weight is 464 g/mol. The van der Waals surface area contributed by atoms with Crippen molar-refractivity contribution in [1.82, 2.24) is 4.90 Å². The quantitative estimate of drug-likeness (QED) is 0.526. The van der Waals surface area contributed by atoms with Gasteiger partial charge >= 0.3 is 11.9 Å². The van der Waals surface area contributed by atoms with E-state index in [9.17, 15) is 24.3 Å². The summed E-state index contributed by atoms with van der Waals surface area (Å²) in [5.41, 5.74) is -0.251. The molecule has 0 spiro atoms. The number of aliphatic hydroxyl groups is 1. The highest BCUT2D eigenvalue weighted by Gasteiger charge is 2.55. The topological polar surface area (TPSA) is 119 Å². The van der Waals surface area contributed by atoms with Gasteiger partial charge in [0.05, 0.1) is 21.2 Å². The van der Waals surface area contributed by atoms with Gasteiger partial charge < -0.3 is 19.3 Å². The fourth-order valence-corrected chi connectivity index (χ4v) is 3.67. The first-order valence-corrected chi connectivity index (χ1v) is 9.43. The molecule has 9 nitrogen and oxygen atoms in total. The van der Waals surface area contributed by atoms with Crippen molar-refractivity contribution in [2.75, 3.05) is 6.61 Å². The zero-order valence-corrected chi connectivity index (χ0v) is 17.1. The summed E-state index contributed by atoms with van der Waals surface area (Å²) >= 11 is 11.8. The Kier molecular flexibility index (Phi) is 6.32. The van der Waals surface area contributed by atoms with Crippen LogP contribution in [0, 0.1) is 0 Å². The van der Waals surface area contributed by atoms with Crippen LogP contribution in [-0.4, -0.2) is 71.1 Å². The highest BCUT2D eigenvalue weighted by Crippen LogP contribution is 2.37. The number of halogens is 3. The first kappa shape index (κ1) is 22.4. The number of nitrogens with zero attached hydrogens (tertiary/aromatic N) is 1. The summed E-state index contributed by atoms with van der Waals surface area (Å²) in [6.45, 7) is 1.58. The van der Waals surface area contributed by atoms with Crippen molar-refractivity contribution in [3.05, 3.63) is 33.3 Å². The smallest absolute Gasteiger partial charge is 0.303 e. The van der Waals surface area contributed by atoms with Gasteiger partial charge in [-0.05, 0) is 12.1 Å². The number of rotatable bonds is 4. The Hall–Kier alpha value is -2.27. The number of alkyl halides is 1. The summed E-state index contributed by atoms with van der Waals surface area (Å²) in [5.74, 6) is -3.45. The van der Waals surface area contributed by atoms with E-state index in [1.807, 2.05) is 0 Å². The number of carbonyl (C=O) groups excluding carboxylic acids is 4. The van der Waals surface area contributed by atoms with E-state index in [0.717, 1.165) is 26.0 Å². The van der Waals surface area contributed by atoms with Gasteiger partial charge in [-0.15, -0.1) is 0 Å². The number of ether oxygens (including phenoxy) is 3. The molecule has 1 aromatic rings. The van der Waals surface area contributed by atoms with Gasteiger partial charge in [0, 0.05) is 13.8 Å². The minimum absolute atomic E-state index is 0.00752. The van der Waals surface area contributed by atoms with Crippen molar-refractivity contribution in [3.8, 4) is 0 Å². The molecule has 1 fully saturated rings. The third-order valence-electron chi connectivity index (χ3n) is 4.64. The van der Waals surface area contributed by atoms with Gasteiger partial charge in [-0.2, -0.15) is 0 Å². The molecule has 162 valence electrons. The molecular weight excluding hydrogens is 448 g/mol. The lowest BCUT2D eigenvalue weighted by Crippen LogP contribution is -2.65. The molecule has 12 heteroatoms. The number of imide groups is 1. The Morgan fingerprint density at radius 2 is 1.67 bits per heavy atom. The van der Waals surface area contributed by atoms with Crippen molar-refractivity contribution in [3.63, 3.8) is 0 Å². The zero-order chi connectivity index (χ0) is 22.3. The van der Waals surface area contributed by atoms with Gasteiger partial charge in [-0.1, -0.05) is 23.2 Å². The maximum Gasteiger partial charge on any atom is 0.303 e. The second-order valence-electron chi connectivity index (χ2n) is 6.68. The number of hydrogen-bond donors (Lipinski definition) is 1. The summed E-state index contributed by atoms with van der Waals surface area (Å²) < 4.78 is 29.8. The van der Waals surface area contributed by atoms with Crippen molar-refractivity contribution in [2.45, 2.75) is 44.6 Å². The molecule has 30 heavy (non-hydrogen) atoms. The van der Waals surface area contributed by atoms with E-state index in [1.165, 1.54) is 0 Å². The minimum atomic E-state index is -2.36. The van der Waals surface area contributed by atoms with Gasteiger partial charge in [0.25, 0.3) is 11.8 Å². The Bertz CT molecular complexity index is 885. The van der Waals surface area contributed by atoms with E-state index >= 15 is 4.39 Å². The molecule has 5 atom stereocenters. The normalized spacial score (nSPS) is 28.3. The highest BCUT2D eigenvalue weighted by atomic mass is 35.5. The number of fused-ring (bicyclic) bond motifs is 1. The number of benzene rings is 1. The summed E-state index contributed by atoms with van der Waals surface area (Å²) in [5, 5.41) is 10.6. The second kappa shape index (κ2) is 8.46. The van der Waals surface area contributed by atoms with E-state index in [-0.39, 0.29) is 21.2 Å². The molecule has 3 rings (SSSR count). The van der Waals surface area contributed by atoms with Crippen LogP contribution in [0.2, 0.25) is 10.0 Å². The van der Waals surface area contributed by atoms with E-state index in [2.05, 4.69) is 0 Å².